The van der Waals surface area contributed by atoms with Crippen LogP contribution in [0, 0.1) is 0 Å². The lowest BCUT2D eigenvalue weighted by Crippen LogP contribution is -2.46. The molecule has 106 valence electrons. The van der Waals surface area contributed by atoms with Crippen LogP contribution in [0.4, 0.5) is 0 Å². The summed E-state index contributed by atoms with van der Waals surface area (Å²) in [6, 6.07) is 1.14. The Hall–Kier alpha value is -1.00. The molecule has 19 heavy (non-hydrogen) atoms. The Balaban J connectivity index is 2.23. The molecule has 0 amide bonds. The number of thiophene rings is 1. The van der Waals surface area contributed by atoms with Crippen LogP contribution in [0.1, 0.15) is 9.67 Å². The number of carbonyl (C=O) groups is 1. The number of aromatic carboxylic acids is 1. The number of aliphatic hydroxyl groups is 1. The standard InChI is InChI=1S/C10H13NO6S2/c12-5-7-4-11(1-2-17-7)19(15,16)8-3-9(10(13)14)18-6-8/h3,6-7,12H,1-2,4-5H2,(H,13,14). The second-order valence-electron chi connectivity index (χ2n) is 3.99. The molecule has 0 saturated carbocycles. The van der Waals surface area contributed by atoms with E-state index in [-0.39, 0.29) is 36.1 Å². The Morgan fingerprint density at radius 2 is 2.32 bits per heavy atom. The Morgan fingerprint density at radius 1 is 1.58 bits per heavy atom. The van der Waals surface area contributed by atoms with Crippen molar-refractivity contribution >= 4 is 27.3 Å². The first kappa shape index (κ1) is 14.4. The summed E-state index contributed by atoms with van der Waals surface area (Å²) in [6.07, 6.45) is -0.541. The van der Waals surface area contributed by atoms with Gasteiger partial charge in [0.15, 0.2) is 0 Å². The fourth-order valence-corrected chi connectivity index (χ4v) is 4.29. The quantitative estimate of drug-likeness (QED) is 0.800. The molecule has 1 unspecified atom stereocenters. The summed E-state index contributed by atoms with van der Waals surface area (Å²) in [4.78, 5) is 10.7. The summed E-state index contributed by atoms with van der Waals surface area (Å²) >= 11 is 0.869. The number of rotatable bonds is 4. The first-order valence-corrected chi connectivity index (χ1v) is 7.81. The average molecular weight is 307 g/mol. The molecule has 1 aliphatic rings. The summed E-state index contributed by atoms with van der Waals surface area (Å²) in [6.45, 7) is 0.213. The highest BCUT2D eigenvalue weighted by Crippen LogP contribution is 2.24. The van der Waals surface area contributed by atoms with Crippen molar-refractivity contribution in [2.45, 2.75) is 11.0 Å². The topological polar surface area (TPSA) is 104 Å². The molecule has 1 fully saturated rings. The van der Waals surface area contributed by atoms with Crippen LogP contribution < -0.4 is 0 Å². The molecule has 0 aliphatic carbocycles. The molecule has 0 spiro atoms. The molecule has 0 bridgehead atoms. The van der Waals surface area contributed by atoms with E-state index in [1.807, 2.05) is 0 Å². The summed E-state index contributed by atoms with van der Waals surface area (Å²) in [5, 5.41) is 19.1. The Bertz CT molecular complexity index is 566. The SMILES string of the molecule is O=C(O)c1cc(S(=O)(=O)N2CCOC(CO)C2)cs1. The second kappa shape index (κ2) is 5.55. The highest BCUT2D eigenvalue weighted by Gasteiger charge is 2.31. The minimum Gasteiger partial charge on any atom is -0.477 e. The minimum atomic E-state index is -3.73. The molecule has 0 aromatic carbocycles. The van der Waals surface area contributed by atoms with Gasteiger partial charge < -0.3 is 14.9 Å². The van der Waals surface area contributed by atoms with Gasteiger partial charge in [0.25, 0.3) is 0 Å². The van der Waals surface area contributed by atoms with Gasteiger partial charge in [-0.05, 0) is 6.07 Å². The average Bonchev–Trinajstić information content (AvgIpc) is 2.89. The van der Waals surface area contributed by atoms with Gasteiger partial charge in [-0.25, -0.2) is 13.2 Å². The molecule has 2 rings (SSSR count). The van der Waals surface area contributed by atoms with Crippen LogP contribution >= 0.6 is 11.3 Å². The third-order valence-electron chi connectivity index (χ3n) is 2.73. The molecular formula is C10H13NO6S2. The largest absolute Gasteiger partial charge is 0.477 e. The van der Waals surface area contributed by atoms with Crippen LogP contribution in [-0.2, 0) is 14.8 Å². The second-order valence-corrected chi connectivity index (χ2v) is 6.84. The molecule has 1 aromatic heterocycles. The zero-order chi connectivity index (χ0) is 14.0. The molecule has 9 heteroatoms. The number of hydrogen-bond donors (Lipinski definition) is 2. The van der Waals surface area contributed by atoms with E-state index in [1.165, 1.54) is 9.69 Å². The summed E-state index contributed by atoms with van der Waals surface area (Å²) in [5.74, 6) is -1.15. The number of ether oxygens (including phenoxy) is 1. The van der Waals surface area contributed by atoms with Crippen molar-refractivity contribution in [3.63, 3.8) is 0 Å². The summed E-state index contributed by atoms with van der Waals surface area (Å²) < 4.78 is 31.0. The van der Waals surface area contributed by atoms with Crippen molar-refractivity contribution in [3.8, 4) is 0 Å². The molecule has 1 aromatic rings. The van der Waals surface area contributed by atoms with Crippen LogP contribution in [0.3, 0.4) is 0 Å². The third kappa shape index (κ3) is 2.95. The minimum absolute atomic E-state index is 0.0226. The van der Waals surface area contributed by atoms with Crippen molar-refractivity contribution in [1.82, 2.24) is 4.31 Å². The maximum Gasteiger partial charge on any atom is 0.345 e. The van der Waals surface area contributed by atoms with Crippen LogP contribution in [0.15, 0.2) is 16.3 Å². The lowest BCUT2D eigenvalue weighted by atomic mass is 10.3. The molecule has 2 heterocycles. The Morgan fingerprint density at radius 3 is 2.89 bits per heavy atom. The zero-order valence-electron chi connectivity index (χ0n) is 9.85. The van der Waals surface area contributed by atoms with E-state index >= 15 is 0 Å². The van der Waals surface area contributed by atoms with Gasteiger partial charge in [-0.15, -0.1) is 11.3 Å². The van der Waals surface area contributed by atoms with Crippen molar-refractivity contribution in [1.29, 1.82) is 0 Å². The molecule has 1 saturated heterocycles. The van der Waals surface area contributed by atoms with Gasteiger partial charge in [0.2, 0.25) is 10.0 Å². The Kier molecular flexibility index (Phi) is 4.21. The number of sulfonamides is 1. The fourth-order valence-electron chi connectivity index (χ4n) is 1.74. The molecular weight excluding hydrogens is 294 g/mol. The predicted molar refractivity (Wildman–Crippen MR) is 66.9 cm³/mol. The van der Waals surface area contributed by atoms with Crippen LogP contribution in [0.5, 0.6) is 0 Å². The smallest absolute Gasteiger partial charge is 0.345 e. The van der Waals surface area contributed by atoms with Gasteiger partial charge >= 0.3 is 5.97 Å². The van der Waals surface area contributed by atoms with E-state index in [1.54, 1.807) is 0 Å². The van der Waals surface area contributed by atoms with E-state index in [0.717, 1.165) is 17.4 Å². The van der Waals surface area contributed by atoms with Crippen molar-refractivity contribution in [2.24, 2.45) is 0 Å². The highest BCUT2D eigenvalue weighted by atomic mass is 32.2. The fraction of sp³-hybridized carbons (Fsp3) is 0.500. The number of carboxylic acid groups (broad SMARTS) is 1. The van der Waals surface area contributed by atoms with E-state index in [2.05, 4.69) is 0 Å². The van der Waals surface area contributed by atoms with E-state index in [9.17, 15) is 13.2 Å². The monoisotopic (exact) mass is 307 g/mol. The van der Waals surface area contributed by atoms with Gasteiger partial charge in [0.1, 0.15) is 4.88 Å². The van der Waals surface area contributed by atoms with E-state index < -0.39 is 22.1 Å². The van der Waals surface area contributed by atoms with E-state index in [4.69, 9.17) is 14.9 Å². The maximum absolute atomic E-state index is 12.3. The van der Waals surface area contributed by atoms with Crippen LogP contribution in [0.25, 0.3) is 0 Å². The third-order valence-corrected chi connectivity index (χ3v) is 5.64. The van der Waals surface area contributed by atoms with Gasteiger partial charge in [-0.3, -0.25) is 0 Å². The summed E-state index contributed by atoms with van der Waals surface area (Å²) in [7, 11) is -3.73. The first-order chi connectivity index (χ1) is 8.95. The lowest BCUT2D eigenvalue weighted by Gasteiger charge is -2.30. The van der Waals surface area contributed by atoms with Crippen molar-refractivity contribution in [2.75, 3.05) is 26.3 Å². The number of morpholine rings is 1. The predicted octanol–water partition coefficient (Wildman–Crippen LogP) is -0.172. The van der Waals surface area contributed by atoms with Gasteiger partial charge in [-0.1, -0.05) is 0 Å². The summed E-state index contributed by atoms with van der Waals surface area (Å²) in [5.41, 5.74) is 0. The molecule has 1 aliphatic heterocycles. The van der Waals surface area contributed by atoms with Crippen molar-refractivity contribution < 1.29 is 28.2 Å². The lowest BCUT2D eigenvalue weighted by molar-refractivity contribution is -0.0304. The van der Waals surface area contributed by atoms with Crippen LogP contribution in [-0.4, -0.2) is 61.3 Å². The maximum atomic E-state index is 12.3. The molecule has 1 atom stereocenters. The first-order valence-electron chi connectivity index (χ1n) is 5.49. The van der Waals surface area contributed by atoms with Crippen molar-refractivity contribution in [3.05, 3.63) is 16.3 Å². The van der Waals surface area contributed by atoms with Gasteiger partial charge in [-0.2, -0.15) is 4.31 Å². The number of hydrogen-bond acceptors (Lipinski definition) is 6. The molecule has 7 nitrogen and oxygen atoms in total. The molecule has 0 radical (unpaired) electrons. The molecule has 2 N–H and O–H groups in total. The Labute approximate surface area is 114 Å². The van der Waals surface area contributed by atoms with Crippen LogP contribution in [0.2, 0.25) is 0 Å². The number of nitrogens with zero attached hydrogens (tertiary/aromatic N) is 1. The van der Waals surface area contributed by atoms with E-state index in [0.29, 0.717) is 0 Å². The zero-order valence-corrected chi connectivity index (χ0v) is 11.5. The normalized spacial score (nSPS) is 21.4. The highest BCUT2D eigenvalue weighted by molar-refractivity contribution is 7.89. The van der Waals surface area contributed by atoms with Gasteiger partial charge in [0.05, 0.1) is 24.2 Å². The number of carboxylic acids is 1. The number of aliphatic hydroxyl groups excluding tert-OH is 1. The van der Waals surface area contributed by atoms with Gasteiger partial charge in [0, 0.05) is 18.5 Å².